The highest BCUT2D eigenvalue weighted by molar-refractivity contribution is 6.31. The number of aromatic nitrogens is 2. The average molecular weight is 956 g/mol. The lowest BCUT2D eigenvalue weighted by Crippen LogP contribution is -2.47. The second-order valence-electron chi connectivity index (χ2n) is 16.2. The van der Waals surface area contributed by atoms with E-state index in [2.05, 4.69) is 25.6 Å². The highest BCUT2D eigenvalue weighted by Crippen LogP contribution is 2.26. The van der Waals surface area contributed by atoms with Crippen LogP contribution in [0.5, 0.6) is 0 Å². The van der Waals surface area contributed by atoms with Crippen LogP contribution in [0.25, 0.3) is 10.8 Å². The van der Waals surface area contributed by atoms with Crippen LogP contribution in [-0.4, -0.2) is 161 Å². The largest absolute Gasteiger partial charge is 0.510 e. The van der Waals surface area contributed by atoms with E-state index in [1.165, 1.54) is 0 Å². The molecule has 0 unspecified atom stereocenters. The van der Waals surface area contributed by atoms with Gasteiger partial charge in [-0.15, -0.1) is 0 Å². The highest BCUT2D eigenvalue weighted by Gasteiger charge is 2.27. The van der Waals surface area contributed by atoms with Gasteiger partial charge in [-0.1, -0.05) is 60.1 Å². The molecule has 0 fully saturated rings. The molecular weight excluding hydrogens is 892 g/mol. The van der Waals surface area contributed by atoms with Gasteiger partial charge in [-0.05, 0) is 90.7 Å². The number of benzene rings is 3. The van der Waals surface area contributed by atoms with E-state index in [4.69, 9.17) is 39.6 Å². The Kier molecular flexibility index (Phi) is 21.5. The number of aliphatic hydroxyl groups is 9. The summed E-state index contributed by atoms with van der Waals surface area (Å²) in [7, 11) is 0. The topological polar surface area (TPSA) is 386 Å². The fourth-order valence-corrected chi connectivity index (χ4v) is 7.30. The number of nitrogens with zero attached hydrogens (tertiary/aromatic N) is 4. The Bertz CT molecular complexity index is 2290. The fraction of sp³-hybridized carbons (Fsp3) is 0.444. The Morgan fingerprint density at radius 3 is 2.16 bits per heavy atom. The number of anilines is 3. The summed E-state index contributed by atoms with van der Waals surface area (Å²) in [4.78, 5) is 39.2. The predicted octanol–water partition coefficient (Wildman–Crippen LogP) is -0.760. The second kappa shape index (κ2) is 26.7. The summed E-state index contributed by atoms with van der Waals surface area (Å²) in [6.45, 7) is -1.19. The number of hydrogen-bond acceptors (Lipinski definition) is 18. The van der Waals surface area contributed by atoms with Crippen LogP contribution in [0.15, 0.2) is 77.5 Å². The lowest BCUT2D eigenvalue weighted by Gasteiger charge is -2.30. The summed E-state index contributed by atoms with van der Waals surface area (Å²) < 4.78 is 0. The van der Waals surface area contributed by atoms with E-state index in [0.717, 1.165) is 46.4 Å². The molecule has 3 aromatic carbocycles. The molecule has 7 atom stereocenters. The van der Waals surface area contributed by atoms with Crippen molar-refractivity contribution < 1.29 is 55.5 Å². The molecule has 19 N–H and O–H groups in total. The number of halogens is 1. The summed E-state index contributed by atoms with van der Waals surface area (Å²) in [5.41, 5.74) is 26.9. The summed E-state index contributed by atoms with van der Waals surface area (Å²) in [5.74, 6) is -2.12. The zero-order chi connectivity index (χ0) is 49.2. The number of carbonyl (C=O) groups is 2. The van der Waals surface area contributed by atoms with Gasteiger partial charge in [0.25, 0.3) is 5.91 Å². The van der Waals surface area contributed by atoms with Crippen LogP contribution < -0.4 is 33.6 Å². The Labute approximate surface area is 392 Å². The minimum Gasteiger partial charge on any atom is -0.510 e. The van der Waals surface area contributed by atoms with E-state index in [9.17, 15) is 50.4 Å². The number of fused-ring (bicyclic) bond motifs is 1. The molecule has 0 aliphatic heterocycles. The molecule has 4 aromatic rings. The first-order valence-electron chi connectivity index (χ1n) is 21.7. The third kappa shape index (κ3) is 16.9. The number of rotatable bonds is 26. The molecule has 22 heteroatoms. The first-order valence-corrected chi connectivity index (χ1v) is 22.1. The molecule has 0 bridgehead atoms. The fourth-order valence-electron chi connectivity index (χ4n) is 7.17. The Hall–Kier alpha value is -5.56. The second-order valence-corrected chi connectivity index (χ2v) is 16.5. The van der Waals surface area contributed by atoms with Crippen molar-refractivity contribution in [3.63, 3.8) is 0 Å². The smallest absolute Gasteiger partial charge is 0.280 e. The number of nitrogen functional groups attached to an aromatic ring is 2. The van der Waals surface area contributed by atoms with Crippen LogP contribution in [0.3, 0.4) is 0 Å². The van der Waals surface area contributed by atoms with Crippen molar-refractivity contribution in [3.8, 4) is 0 Å². The van der Waals surface area contributed by atoms with Gasteiger partial charge < -0.3 is 74.2 Å². The van der Waals surface area contributed by atoms with Crippen LogP contribution in [0.1, 0.15) is 52.9 Å². The van der Waals surface area contributed by atoms with E-state index in [1.54, 1.807) is 17.0 Å². The molecule has 366 valence electrons. The molecule has 4 rings (SSSR count). The van der Waals surface area contributed by atoms with Crippen molar-refractivity contribution in [3.05, 3.63) is 100 Å². The van der Waals surface area contributed by atoms with Gasteiger partial charge in [0.1, 0.15) is 24.1 Å². The number of aliphatic imine (C=N–C) groups is 1. The Morgan fingerprint density at radius 2 is 1.49 bits per heavy atom. The van der Waals surface area contributed by atoms with Crippen LogP contribution >= 0.6 is 11.6 Å². The molecule has 67 heavy (non-hydrogen) atoms. The third-order valence-electron chi connectivity index (χ3n) is 10.8. The van der Waals surface area contributed by atoms with Gasteiger partial charge in [-0.25, -0.2) is 9.97 Å². The number of aliphatic hydroxyl groups excluding tert-OH is 9. The van der Waals surface area contributed by atoms with Crippen LogP contribution in [0.4, 0.5) is 17.3 Å². The van der Waals surface area contributed by atoms with E-state index < -0.39 is 67.5 Å². The number of carbonyl (C=O) groups excluding carboxylic acids is 2. The summed E-state index contributed by atoms with van der Waals surface area (Å²) >= 11 is 5.86. The molecule has 0 aliphatic rings. The quantitative estimate of drug-likeness (QED) is 0.0159. The van der Waals surface area contributed by atoms with Gasteiger partial charge in [0.15, 0.2) is 28.4 Å². The van der Waals surface area contributed by atoms with E-state index in [0.29, 0.717) is 31.5 Å². The van der Waals surface area contributed by atoms with E-state index >= 15 is 0 Å². The minimum atomic E-state index is -1.68. The van der Waals surface area contributed by atoms with Crippen LogP contribution in [0.2, 0.25) is 5.15 Å². The lowest BCUT2D eigenvalue weighted by molar-refractivity contribution is -0.117. The predicted molar refractivity (Wildman–Crippen MR) is 254 cm³/mol. The maximum Gasteiger partial charge on any atom is 0.280 e. The molecule has 1 heterocycles. The van der Waals surface area contributed by atoms with Crippen LogP contribution in [-0.2, 0) is 24.1 Å². The number of hydrogen-bond donors (Lipinski definition) is 15. The van der Waals surface area contributed by atoms with Crippen molar-refractivity contribution in [2.75, 3.05) is 56.2 Å². The average Bonchev–Trinajstić information content (AvgIpc) is 3.30. The first-order chi connectivity index (χ1) is 31.9. The standard InChI is InChI=1S/C45H63ClN10O11/c46-40-42(49)54-41(48)38(53-40)44(67)55-45(50)51-16-4-3-7-26-12-13-27(32-9-2-1-8-31(26)32)18-33(47)43(66)52-28-14-10-25(11-15-28)6-5-17-56(22-36(63)39(65)37(64)24-58)21-29(59)19-34(61)35(62)20-30(60)23-57/h1-2,8-15,19,29-30,33,35-37,39,57-65H,3-7,16-18,20-24,47H2,(H,52,66)(H4,48,49,54)(H3,50,51,55,67)/t29-,30+,33+,35-,36+,37-,39-/m1/s1. The lowest BCUT2D eigenvalue weighted by atomic mass is 9.93. The number of nitrogens with one attached hydrogen (secondary N) is 2. The monoisotopic (exact) mass is 954 g/mol. The normalized spacial score (nSPS) is 15.4. The molecule has 0 radical (unpaired) electrons. The van der Waals surface area contributed by atoms with Crippen molar-refractivity contribution in [1.29, 1.82) is 0 Å². The number of aryl methyl sites for hydroxylation is 2. The number of nitrogens with two attached hydrogens (primary N) is 4. The van der Waals surface area contributed by atoms with Gasteiger partial charge in [0.2, 0.25) is 5.91 Å². The molecule has 0 saturated heterocycles. The number of guanidine groups is 1. The van der Waals surface area contributed by atoms with E-state index in [1.807, 2.05) is 48.5 Å². The van der Waals surface area contributed by atoms with Gasteiger partial charge >= 0.3 is 0 Å². The highest BCUT2D eigenvalue weighted by atomic mass is 35.5. The molecule has 0 spiro atoms. The minimum absolute atomic E-state index is 0.102. The Balaban J connectivity index is 1.28. The van der Waals surface area contributed by atoms with Gasteiger partial charge in [0.05, 0.1) is 37.6 Å². The van der Waals surface area contributed by atoms with Crippen LogP contribution in [0, 0.1) is 0 Å². The first kappa shape index (κ1) is 54.0. The van der Waals surface area contributed by atoms with Crippen molar-refractivity contribution in [2.24, 2.45) is 16.5 Å². The van der Waals surface area contributed by atoms with Crippen molar-refractivity contribution in [1.82, 2.24) is 20.2 Å². The molecule has 21 nitrogen and oxygen atoms in total. The summed E-state index contributed by atoms with van der Waals surface area (Å²) in [5, 5.41) is 96.4. The van der Waals surface area contributed by atoms with Crippen molar-refractivity contribution >= 4 is 57.5 Å². The maximum absolute atomic E-state index is 13.3. The Morgan fingerprint density at radius 1 is 0.821 bits per heavy atom. The number of amides is 2. The molecule has 0 aliphatic carbocycles. The number of unbranched alkanes of at least 4 members (excludes halogenated alkanes) is 1. The summed E-state index contributed by atoms with van der Waals surface area (Å²) in [6.07, 6.45) is -4.90. The van der Waals surface area contributed by atoms with Gasteiger partial charge in [-0.3, -0.25) is 24.8 Å². The van der Waals surface area contributed by atoms with Crippen molar-refractivity contribution in [2.45, 2.75) is 87.6 Å². The van der Waals surface area contributed by atoms with Gasteiger partial charge in [0, 0.05) is 31.7 Å². The molecule has 1 aromatic heterocycles. The van der Waals surface area contributed by atoms with Gasteiger partial charge in [-0.2, -0.15) is 0 Å². The summed E-state index contributed by atoms with van der Waals surface area (Å²) in [6, 6.07) is 18.2. The molecule has 2 amide bonds. The third-order valence-corrected chi connectivity index (χ3v) is 11.1. The maximum atomic E-state index is 13.3. The SMILES string of the molecule is NC(=NCCCCc1ccc(C[C@H](N)C(=O)Nc2ccc(CCCN(C[C@H](O)C=C(O)[C@H](O)C[C@H](O)CO)C[C@H](O)[C@@H](O)[C@H](O)CO)cc2)c2ccccc12)NC(=O)c1nc(Cl)c(N)nc1N. The zero-order valence-electron chi connectivity index (χ0n) is 36.9. The molecule has 0 saturated carbocycles. The zero-order valence-corrected chi connectivity index (χ0v) is 37.7. The molecular formula is C45H63ClN10O11. The van der Waals surface area contributed by atoms with E-state index in [-0.39, 0.29) is 66.8 Å².